The van der Waals surface area contributed by atoms with Gasteiger partial charge in [0.25, 0.3) is 0 Å². The van der Waals surface area contributed by atoms with E-state index in [1.165, 1.54) is 18.0 Å². The topological polar surface area (TPSA) is 72.6 Å². The first kappa shape index (κ1) is 18.6. The lowest BCUT2D eigenvalue weighted by molar-refractivity contribution is -0.148. The van der Waals surface area contributed by atoms with Crippen LogP contribution in [0.5, 0.6) is 0 Å². The monoisotopic (exact) mass is 344 g/mol. The molecule has 1 atom stereocenters. The van der Waals surface area contributed by atoms with Gasteiger partial charge in [0.05, 0.1) is 12.5 Å². The molecule has 2 aromatic carbocycles. The molecule has 2 N–H and O–H groups in total. The highest BCUT2D eigenvalue weighted by atomic mass is 19.1. The van der Waals surface area contributed by atoms with Gasteiger partial charge in [-0.15, -0.1) is 0 Å². The van der Waals surface area contributed by atoms with Crippen LogP contribution >= 0.6 is 0 Å². The second-order valence-electron chi connectivity index (χ2n) is 5.74. The number of carbonyl (C=O) groups is 2. The number of esters is 1. The van der Waals surface area contributed by atoms with Gasteiger partial charge in [0.15, 0.2) is 0 Å². The summed E-state index contributed by atoms with van der Waals surface area (Å²) >= 11 is 0. The zero-order valence-electron chi connectivity index (χ0n) is 14.0. The van der Waals surface area contributed by atoms with Gasteiger partial charge in [-0.05, 0) is 11.6 Å². The van der Waals surface area contributed by atoms with Gasteiger partial charge < -0.3 is 15.4 Å². The third-order valence-corrected chi connectivity index (χ3v) is 3.69. The lowest BCUT2D eigenvalue weighted by Gasteiger charge is -2.21. The summed E-state index contributed by atoms with van der Waals surface area (Å²) in [6, 6.07) is 14.4. The average Bonchev–Trinajstić information content (AvgIpc) is 2.62. The molecule has 6 heteroatoms. The van der Waals surface area contributed by atoms with Crippen LogP contribution in [0.4, 0.5) is 4.39 Å². The first-order chi connectivity index (χ1) is 12.0. The first-order valence-corrected chi connectivity index (χ1v) is 7.91. The van der Waals surface area contributed by atoms with E-state index in [4.69, 9.17) is 10.5 Å². The summed E-state index contributed by atoms with van der Waals surface area (Å²) < 4.78 is 18.8. The Hall–Kier alpha value is -2.73. The molecule has 0 saturated heterocycles. The number of carbonyl (C=O) groups excluding carboxylic acids is 2. The summed E-state index contributed by atoms with van der Waals surface area (Å²) in [6.07, 6.45) is -0.229. The minimum atomic E-state index is -1.03. The zero-order valence-corrected chi connectivity index (χ0v) is 14.0. The summed E-state index contributed by atoms with van der Waals surface area (Å²) in [7, 11) is 1.52. The molecule has 0 aliphatic heterocycles. The van der Waals surface area contributed by atoms with E-state index in [1.807, 2.05) is 30.3 Å². The van der Waals surface area contributed by atoms with Crippen molar-refractivity contribution in [3.63, 3.8) is 0 Å². The minimum Gasteiger partial charge on any atom is -0.461 e. The molecule has 0 aliphatic carbocycles. The van der Waals surface area contributed by atoms with Crippen molar-refractivity contribution in [3.05, 3.63) is 71.5 Å². The number of rotatable bonds is 7. The Morgan fingerprint density at radius 1 is 1.12 bits per heavy atom. The van der Waals surface area contributed by atoms with Crippen molar-refractivity contribution in [1.82, 2.24) is 4.90 Å². The fraction of sp³-hybridized carbons (Fsp3) is 0.263. The number of likely N-dealkylation sites (N-methyl/N-ethyl adjacent to an activating group) is 1. The molecule has 2 rings (SSSR count). The summed E-state index contributed by atoms with van der Waals surface area (Å²) in [6.45, 7) is 0.212. The number of halogens is 1. The van der Waals surface area contributed by atoms with Gasteiger partial charge in [-0.25, -0.2) is 4.39 Å². The third-order valence-electron chi connectivity index (χ3n) is 3.69. The van der Waals surface area contributed by atoms with E-state index in [0.717, 1.165) is 5.56 Å². The molecular weight excluding hydrogens is 323 g/mol. The third kappa shape index (κ3) is 5.69. The molecule has 0 saturated carbocycles. The number of nitrogens with zero attached hydrogens (tertiary/aromatic N) is 1. The van der Waals surface area contributed by atoms with E-state index in [2.05, 4.69) is 0 Å². The molecule has 0 bridgehead atoms. The molecule has 0 heterocycles. The van der Waals surface area contributed by atoms with Crippen molar-refractivity contribution in [3.8, 4) is 0 Å². The van der Waals surface area contributed by atoms with Gasteiger partial charge in [-0.1, -0.05) is 48.5 Å². The van der Waals surface area contributed by atoms with Crippen LogP contribution in [-0.4, -0.2) is 29.9 Å². The SMILES string of the molecule is CN(Cc1ccccc1F)C(=O)[C@@H](N)CC(=O)OCc1ccccc1. The Morgan fingerprint density at radius 2 is 1.76 bits per heavy atom. The zero-order chi connectivity index (χ0) is 18.2. The van der Waals surface area contributed by atoms with Crippen molar-refractivity contribution in [2.75, 3.05) is 7.05 Å². The van der Waals surface area contributed by atoms with E-state index in [9.17, 15) is 14.0 Å². The number of nitrogens with two attached hydrogens (primary N) is 1. The van der Waals surface area contributed by atoms with Crippen molar-refractivity contribution in [2.24, 2.45) is 5.73 Å². The molecule has 132 valence electrons. The Labute approximate surface area is 146 Å². The summed E-state index contributed by atoms with van der Waals surface area (Å²) in [5.41, 5.74) is 7.03. The van der Waals surface area contributed by atoms with Crippen molar-refractivity contribution < 1.29 is 18.7 Å². The van der Waals surface area contributed by atoms with E-state index >= 15 is 0 Å². The molecule has 5 nitrogen and oxygen atoms in total. The average molecular weight is 344 g/mol. The molecular formula is C19H21FN2O3. The summed E-state index contributed by atoms with van der Waals surface area (Å²) in [5.74, 6) is -1.39. The number of ether oxygens (including phenoxy) is 1. The maximum absolute atomic E-state index is 13.6. The number of hydrogen-bond acceptors (Lipinski definition) is 4. The van der Waals surface area contributed by atoms with Crippen LogP contribution in [0.2, 0.25) is 0 Å². The second kappa shape index (κ2) is 8.94. The molecule has 25 heavy (non-hydrogen) atoms. The van der Waals surface area contributed by atoms with Crippen molar-refractivity contribution >= 4 is 11.9 Å². The molecule has 0 radical (unpaired) electrons. The molecule has 2 aromatic rings. The number of hydrogen-bond donors (Lipinski definition) is 1. The van der Waals surface area contributed by atoms with E-state index in [-0.39, 0.29) is 19.6 Å². The predicted molar refractivity (Wildman–Crippen MR) is 91.7 cm³/mol. The van der Waals surface area contributed by atoms with Crippen molar-refractivity contribution in [1.29, 1.82) is 0 Å². The maximum Gasteiger partial charge on any atom is 0.308 e. The largest absolute Gasteiger partial charge is 0.461 e. The van der Waals surface area contributed by atoms with Crippen LogP contribution in [0.3, 0.4) is 0 Å². The number of amides is 1. The maximum atomic E-state index is 13.6. The van der Waals surface area contributed by atoms with Gasteiger partial charge in [0, 0.05) is 19.2 Å². The highest BCUT2D eigenvalue weighted by Crippen LogP contribution is 2.10. The van der Waals surface area contributed by atoms with E-state index in [1.54, 1.807) is 18.2 Å². The highest BCUT2D eigenvalue weighted by molar-refractivity contribution is 5.86. The van der Waals surface area contributed by atoms with Crippen molar-refractivity contribution in [2.45, 2.75) is 25.6 Å². The normalized spacial score (nSPS) is 11.6. The molecule has 1 amide bonds. The molecule has 0 aliphatic rings. The predicted octanol–water partition coefficient (Wildman–Crippen LogP) is 2.24. The minimum absolute atomic E-state index is 0.0816. The van der Waals surface area contributed by atoms with Crippen LogP contribution in [0.1, 0.15) is 17.5 Å². The Morgan fingerprint density at radius 3 is 2.44 bits per heavy atom. The standard InChI is InChI=1S/C19H21FN2O3/c1-22(12-15-9-5-6-10-16(15)20)19(24)17(21)11-18(23)25-13-14-7-3-2-4-8-14/h2-10,17H,11-13,21H2,1H3/t17-/m0/s1. The molecule has 0 aromatic heterocycles. The fourth-order valence-electron chi connectivity index (χ4n) is 2.31. The van der Waals surface area contributed by atoms with E-state index < -0.39 is 23.7 Å². The lowest BCUT2D eigenvalue weighted by atomic mass is 10.1. The first-order valence-electron chi connectivity index (χ1n) is 7.91. The van der Waals surface area contributed by atoms with Crippen LogP contribution in [0.25, 0.3) is 0 Å². The Bertz CT molecular complexity index is 722. The Balaban J connectivity index is 1.82. The highest BCUT2D eigenvalue weighted by Gasteiger charge is 2.22. The fourth-order valence-corrected chi connectivity index (χ4v) is 2.31. The van der Waals surface area contributed by atoms with Gasteiger partial charge in [-0.2, -0.15) is 0 Å². The lowest BCUT2D eigenvalue weighted by Crippen LogP contribution is -2.43. The number of benzene rings is 2. The van der Waals surface area contributed by atoms with Crippen LogP contribution in [-0.2, 0) is 27.5 Å². The van der Waals surface area contributed by atoms with Gasteiger partial charge >= 0.3 is 5.97 Å². The van der Waals surface area contributed by atoms with Gasteiger partial charge in [0.2, 0.25) is 5.91 Å². The van der Waals surface area contributed by atoms with Gasteiger partial charge in [0.1, 0.15) is 12.4 Å². The van der Waals surface area contributed by atoms with Gasteiger partial charge in [-0.3, -0.25) is 9.59 Å². The van der Waals surface area contributed by atoms with Crippen LogP contribution in [0, 0.1) is 5.82 Å². The molecule has 0 unspecified atom stereocenters. The summed E-state index contributed by atoms with van der Waals surface area (Å²) in [4.78, 5) is 25.4. The van der Waals surface area contributed by atoms with E-state index in [0.29, 0.717) is 5.56 Å². The van der Waals surface area contributed by atoms with Crippen LogP contribution in [0.15, 0.2) is 54.6 Å². The van der Waals surface area contributed by atoms with Crippen LogP contribution < -0.4 is 5.73 Å². The Kier molecular flexibility index (Phi) is 6.65. The second-order valence-corrected chi connectivity index (χ2v) is 5.74. The molecule has 0 fully saturated rings. The quantitative estimate of drug-likeness (QED) is 0.782. The molecule has 0 spiro atoms. The summed E-state index contributed by atoms with van der Waals surface area (Å²) in [5, 5.41) is 0. The smallest absolute Gasteiger partial charge is 0.308 e.